The average Bonchev–Trinajstić information content (AvgIpc) is 2.62. The van der Waals surface area contributed by atoms with Crippen molar-refractivity contribution in [3.8, 4) is 0 Å². The first kappa shape index (κ1) is 10.8. The maximum atomic E-state index is 8.94. The van der Waals surface area contributed by atoms with Crippen LogP contribution in [0, 0.1) is 0 Å². The van der Waals surface area contributed by atoms with Gasteiger partial charge in [-0.15, -0.1) is 0 Å². The molecular weight excluding hydrogens is 206 g/mol. The molecule has 0 aliphatic rings. The van der Waals surface area contributed by atoms with Crippen LogP contribution in [0.25, 0.3) is 0 Å². The lowest BCUT2D eigenvalue weighted by atomic mass is 10.1. The zero-order valence-corrected chi connectivity index (χ0v) is 8.91. The van der Waals surface area contributed by atoms with Crippen molar-refractivity contribution in [1.29, 1.82) is 0 Å². The van der Waals surface area contributed by atoms with Crippen molar-refractivity contribution in [2.24, 2.45) is 7.05 Å². The summed E-state index contributed by atoms with van der Waals surface area (Å²) in [5.74, 6) is 0.739. The molecule has 84 valence electrons. The zero-order chi connectivity index (χ0) is 11.5. The second-order valence-corrected chi connectivity index (χ2v) is 3.55. The molecule has 0 aliphatic heterocycles. The van der Waals surface area contributed by atoms with Crippen molar-refractivity contribution >= 4 is 0 Å². The molecule has 0 radical (unpaired) electrons. The van der Waals surface area contributed by atoms with Crippen molar-refractivity contribution < 1.29 is 10.2 Å². The molecule has 1 aromatic carbocycles. The van der Waals surface area contributed by atoms with E-state index in [0.29, 0.717) is 12.2 Å². The lowest BCUT2D eigenvalue weighted by Gasteiger charge is -1.99. The van der Waals surface area contributed by atoms with Gasteiger partial charge in [-0.25, -0.2) is 4.98 Å². The highest BCUT2D eigenvalue weighted by Crippen LogP contribution is 2.09. The number of nitrogens with zero attached hydrogens (tertiary/aromatic N) is 3. The van der Waals surface area contributed by atoms with Crippen molar-refractivity contribution in [2.75, 3.05) is 0 Å². The fourth-order valence-corrected chi connectivity index (χ4v) is 1.48. The predicted octanol–water partition coefficient (Wildman–Crippen LogP) is 0.389. The number of hydrogen-bond donors (Lipinski definition) is 2. The number of aliphatic hydroxyl groups excluding tert-OH is 1. The van der Waals surface area contributed by atoms with E-state index in [1.165, 1.54) is 0 Å². The quantitative estimate of drug-likeness (QED) is 0.732. The van der Waals surface area contributed by atoms with Crippen LogP contribution in [0.3, 0.4) is 0 Å². The first-order chi connectivity index (χ1) is 7.66. The third-order valence-corrected chi connectivity index (χ3v) is 2.31. The van der Waals surface area contributed by atoms with Gasteiger partial charge in [-0.2, -0.15) is 5.10 Å². The minimum absolute atomic E-state index is 0.0356. The summed E-state index contributed by atoms with van der Waals surface area (Å²) in [6.07, 6.45) is -0.993. The third kappa shape index (κ3) is 2.26. The van der Waals surface area contributed by atoms with E-state index in [1.54, 1.807) is 11.7 Å². The molecule has 0 amide bonds. The van der Waals surface area contributed by atoms with Gasteiger partial charge >= 0.3 is 0 Å². The van der Waals surface area contributed by atoms with Gasteiger partial charge in [0.15, 0.2) is 0 Å². The molecule has 2 aromatic rings. The zero-order valence-electron chi connectivity index (χ0n) is 8.91. The second-order valence-electron chi connectivity index (χ2n) is 3.55. The molecule has 2 N–H and O–H groups in total. The smallest absolute Gasteiger partial charge is 0.216 e. The molecule has 1 heterocycles. The van der Waals surface area contributed by atoms with Gasteiger partial charge in [-0.3, -0.25) is 4.68 Å². The number of rotatable bonds is 3. The van der Waals surface area contributed by atoms with Gasteiger partial charge in [0.25, 0.3) is 0 Å². The number of benzene rings is 1. The number of hydrogen-bond acceptors (Lipinski definition) is 4. The van der Waals surface area contributed by atoms with Crippen molar-refractivity contribution in [3.05, 3.63) is 47.5 Å². The minimum atomic E-state index is -1.62. The Hall–Kier alpha value is -1.72. The van der Waals surface area contributed by atoms with E-state index in [0.717, 1.165) is 5.56 Å². The molecule has 16 heavy (non-hydrogen) atoms. The van der Waals surface area contributed by atoms with E-state index in [2.05, 4.69) is 10.1 Å². The molecule has 1 aromatic heterocycles. The fourth-order valence-electron chi connectivity index (χ4n) is 1.48. The Bertz CT molecular complexity index is 465. The summed E-state index contributed by atoms with van der Waals surface area (Å²) in [5.41, 5.74) is 1.11. The van der Waals surface area contributed by atoms with Crippen LogP contribution in [-0.2, 0) is 13.5 Å². The van der Waals surface area contributed by atoms with Gasteiger partial charge in [-0.05, 0) is 5.56 Å². The van der Waals surface area contributed by atoms with Crippen LogP contribution in [0.15, 0.2) is 30.3 Å². The van der Waals surface area contributed by atoms with Crippen LogP contribution >= 0.6 is 0 Å². The Morgan fingerprint density at radius 3 is 2.50 bits per heavy atom. The normalized spacial score (nSPS) is 11.0. The molecule has 0 aliphatic carbocycles. The molecule has 2 rings (SSSR count). The van der Waals surface area contributed by atoms with E-state index in [-0.39, 0.29) is 5.82 Å². The van der Waals surface area contributed by atoms with Crippen molar-refractivity contribution in [2.45, 2.75) is 12.7 Å². The maximum absolute atomic E-state index is 8.94. The van der Waals surface area contributed by atoms with E-state index in [1.807, 2.05) is 30.3 Å². The highest BCUT2D eigenvalue weighted by atomic mass is 16.5. The highest BCUT2D eigenvalue weighted by Gasteiger charge is 2.12. The molecule has 0 saturated carbocycles. The summed E-state index contributed by atoms with van der Waals surface area (Å²) < 4.78 is 1.56. The van der Waals surface area contributed by atoms with Gasteiger partial charge in [-0.1, -0.05) is 30.3 Å². The van der Waals surface area contributed by atoms with Gasteiger partial charge in [0.1, 0.15) is 5.82 Å². The lowest BCUT2D eigenvalue weighted by molar-refractivity contribution is -0.0494. The standard InChI is InChI=1S/C11H13N3O2/c1-14-9(12-10(13-14)11(15)16)7-8-5-3-2-4-6-8/h2-6,11,15-16H,7H2,1H3. The summed E-state index contributed by atoms with van der Waals surface area (Å²) >= 11 is 0. The van der Waals surface area contributed by atoms with Gasteiger partial charge in [0.05, 0.1) is 0 Å². The molecule has 5 heteroatoms. The van der Waals surface area contributed by atoms with Crippen molar-refractivity contribution in [1.82, 2.24) is 14.8 Å². The largest absolute Gasteiger partial charge is 0.362 e. The van der Waals surface area contributed by atoms with E-state index in [9.17, 15) is 0 Å². The molecule has 0 bridgehead atoms. The Kier molecular flexibility index (Phi) is 2.98. The first-order valence-electron chi connectivity index (χ1n) is 4.96. The maximum Gasteiger partial charge on any atom is 0.216 e. The van der Waals surface area contributed by atoms with Crippen LogP contribution < -0.4 is 0 Å². The monoisotopic (exact) mass is 219 g/mol. The average molecular weight is 219 g/mol. The molecular formula is C11H13N3O2. The minimum Gasteiger partial charge on any atom is -0.362 e. The molecule has 5 nitrogen and oxygen atoms in total. The molecule has 0 saturated heterocycles. The lowest BCUT2D eigenvalue weighted by Crippen LogP contribution is -2.00. The number of aryl methyl sites for hydroxylation is 1. The number of aliphatic hydroxyl groups is 2. The van der Waals surface area contributed by atoms with Crippen LogP contribution in [0.4, 0.5) is 0 Å². The van der Waals surface area contributed by atoms with E-state index < -0.39 is 6.29 Å². The molecule has 0 fully saturated rings. The number of aromatic nitrogens is 3. The highest BCUT2D eigenvalue weighted by molar-refractivity contribution is 5.19. The Labute approximate surface area is 93.0 Å². The Morgan fingerprint density at radius 1 is 1.25 bits per heavy atom. The van der Waals surface area contributed by atoms with Gasteiger partial charge in [0.2, 0.25) is 12.1 Å². The first-order valence-corrected chi connectivity index (χ1v) is 4.96. The SMILES string of the molecule is Cn1nc(C(O)O)nc1Cc1ccccc1. The third-order valence-electron chi connectivity index (χ3n) is 2.31. The van der Waals surface area contributed by atoms with Crippen LogP contribution in [-0.4, -0.2) is 25.0 Å². The summed E-state index contributed by atoms with van der Waals surface area (Å²) in [4.78, 5) is 4.06. The van der Waals surface area contributed by atoms with Crippen LogP contribution in [0.5, 0.6) is 0 Å². The second kappa shape index (κ2) is 4.42. The van der Waals surface area contributed by atoms with E-state index >= 15 is 0 Å². The van der Waals surface area contributed by atoms with Gasteiger partial charge in [0, 0.05) is 13.5 Å². The van der Waals surface area contributed by atoms with Crippen molar-refractivity contribution in [3.63, 3.8) is 0 Å². The predicted molar refractivity (Wildman–Crippen MR) is 57.4 cm³/mol. The Balaban J connectivity index is 2.22. The fraction of sp³-hybridized carbons (Fsp3) is 0.273. The summed E-state index contributed by atoms with van der Waals surface area (Å²) in [5, 5.41) is 21.8. The van der Waals surface area contributed by atoms with Crippen LogP contribution in [0.1, 0.15) is 23.5 Å². The van der Waals surface area contributed by atoms with Gasteiger partial charge < -0.3 is 10.2 Å². The summed E-state index contributed by atoms with van der Waals surface area (Å²) in [6, 6.07) is 9.83. The summed E-state index contributed by atoms with van der Waals surface area (Å²) in [7, 11) is 1.73. The van der Waals surface area contributed by atoms with Crippen LogP contribution in [0.2, 0.25) is 0 Å². The molecule has 0 atom stereocenters. The topological polar surface area (TPSA) is 71.2 Å². The summed E-state index contributed by atoms with van der Waals surface area (Å²) in [6.45, 7) is 0. The van der Waals surface area contributed by atoms with E-state index in [4.69, 9.17) is 10.2 Å². The molecule has 0 spiro atoms. The molecule has 0 unspecified atom stereocenters. The Morgan fingerprint density at radius 2 is 1.94 bits per heavy atom.